The molecule has 1 aromatic carbocycles. The van der Waals surface area contributed by atoms with Crippen LogP contribution in [0.5, 0.6) is 0 Å². The zero-order chi connectivity index (χ0) is 16.9. The van der Waals surface area contributed by atoms with Gasteiger partial charge in [0.2, 0.25) is 10.0 Å². The summed E-state index contributed by atoms with van der Waals surface area (Å²) in [5, 5.41) is 4.12. The number of sulfonamides is 1. The van der Waals surface area contributed by atoms with Crippen LogP contribution in [0.4, 0.5) is 0 Å². The molecule has 0 amide bonds. The van der Waals surface area contributed by atoms with Crippen molar-refractivity contribution in [3.8, 4) is 0 Å². The summed E-state index contributed by atoms with van der Waals surface area (Å²) >= 11 is 0. The monoisotopic (exact) mass is 372 g/mol. The first-order valence-corrected chi connectivity index (χ1v) is 9.17. The number of hydrogen-bond acceptors (Lipinski definition) is 4. The minimum atomic E-state index is -3.58. The van der Waals surface area contributed by atoms with E-state index in [9.17, 15) is 8.42 Å². The fourth-order valence-corrected chi connectivity index (χ4v) is 3.68. The smallest absolute Gasteiger partial charge is 0.246 e. The molecule has 0 aliphatic heterocycles. The number of aromatic nitrogens is 2. The van der Waals surface area contributed by atoms with Crippen LogP contribution < -0.4 is 5.73 Å². The lowest BCUT2D eigenvalue weighted by molar-refractivity contribution is 0.421. The molecule has 1 aromatic heterocycles. The average Bonchev–Trinajstić information content (AvgIpc) is 3.03. The molecule has 1 heterocycles. The lowest BCUT2D eigenvalue weighted by Crippen LogP contribution is -2.36. The maximum Gasteiger partial charge on any atom is 0.246 e. The van der Waals surface area contributed by atoms with Crippen LogP contribution >= 0.6 is 12.4 Å². The fourth-order valence-electron chi connectivity index (χ4n) is 2.28. The standard InChI is InChI=1S/C16H24N4O2S.ClH/c1-14(2)20-13-16(12-18-20)23(21,22)19(11-9-17)10-8-15-6-4-3-5-7-15;/h3-7,12-14H,8-11,17H2,1-2H3;1H. The van der Waals surface area contributed by atoms with Gasteiger partial charge in [0.25, 0.3) is 0 Å². The number of halogens is 1. The van der Waals surface area contributed by atoms with Gasteiger partial charge in [-0.1, -0.05) is 30.3 Å². The van der Waals surface area contributed by atoms with Crippen molar-refractivity contribution in [3.63, 3.8) is 0 Å². The summed E-state index contributed by atoms with van der Waals surface area (Å²) in [6.07, 6.45) is 3.63. The summed E-state index contributed by atoms with van der Waals surface area (Å²) in [6.45, 7) is 4.89. The van der Waals surface area contributed by atoms with E-state index < -0.39 is 10.0 Å². The van der Waals surface area contributed by atoms with Crippen molar-refractivity contribution in [2.24, 2.45) is 5.73 Å². The quantitative estimate of drug-likeness (QED) is 0.769. The molecular weight excluding hydrogens is 348 g/mol. The Bertz CT molecular complexity index is 717. The molecule has 2 N–H and O–H groups in total. The van der Waals surface area contributed by atoms with Crippen molar-refractivity contribution in [1.29, 1.82) is 0 Å². The van der Waals surface area contributed by atoms with Gasteiger partial charge in [0.05, 0.1) is 6.20 Å². The lowest BCUT2D eigenvalue weighted by atomic mass is 10.1. The molecule has 0 saturated carbocycles. The zero-order valence-corrected chi connectivity index (χ0v) is 15.6. The highest BCUT2D eigenvalue weighted by molar-refractivity contribution is 7.89. The van der Waals surface area contributed by atoms with Crippen LogP contribution in [0.1, 0.15) is 25.5 Å². The Hall–Kier alpha value is -1.41. The first kappa shape index (κ1) is 20.6. The Morgan fingerprint density at radius 3 is 2.42 bits per heavy atom. The Kier molecular flexibility index (Phi) is 7.89. The molecule has 24 heavy (non-hydrogen) atoms. The van der Waals surface area contributed by atoms with Crippen molar-refractivity contribution in [2.45, 2.75) is 31.2 Å². The van der Waals surface area contributed by atoms with E-state index in [0.29, 0.717) is 19.5 Å². The maximum atomic E-state index is 12.8. The number of benzene rings is 1. The van der Waals surface area contributed by atoms with Gasteiger partial charge in [0.15, 0.2) is 0 Å². The largest absolute Gasteiger partial charge is 0.329 e. The molecule has 0 bridgehead atoms. The van der Waals surface area contributed by atoms with E-state index in [0.717, 1.165) is 5.56 Å². The average molecular weight is 373 g/mol. The van der Waals surface area contributed by atoms with Crippen molar-refractivity contribution in [2.75, 3.05) is 19.6 Å². The predicted octanol–water partition coefficient (Wildman–Crippen LogP) is 2.08. The molecule has 6 nitrogen and oxygen atoms in total. The van der Waals surface area contributed by atoms with Crippen molar-refractivity contribution >= 4 is 22.4 Å². The first-order chi connectivity index (χ1) is 10.9. The van der Waals surface area contributed by atoms with E-state index in [1.807, 2.05) is 44.2 Å². The molecule has 0 aliphatic carbocycles. The maximum absolute atomic E-state index is 12.8. The van der Waals surface area contributed by atoms with Crippen LogP contribution in [0.15, 0.2) is 47.6 Å². The zero-order valence-electron chi connectivity index (χ0n) is 14.0. The summed E-state index contributed by atoms with van der Waals surface area (Å²) in [5.41, 5.74) is 6.70. The fraction of sp³-hybridized carbons (Fsp3) is 0.438. The minimum absolute atomic E-state index is 0. The van der Waals surface area contributed by atoms with Crippen molar-refractivity contribution in [1.82, 2.24) is 14.1 Å². The topological polar surface area (TPSA) is 81.2 Å². The highest BCUT2D eigenvalue weighted by Gasteiger charge is 2.25. The van der Waals surface area contributed by atoms with Crippen LogP contribution in [0, 0.1) is 0 Å². The van der Waals surface area contributed by atoms with Gasteiger partial charge in [-0.05, 0) is 25.8 Å². The van der Waals surface area contributed by atoms with E-state index in [4.69, 9.17) is 5.73 Å². The number of nitrogens with two attached hydrogens (primary N) is 1. The molecule has 2 rings (SSSR count). The van der Waals surface area contributed by atoms with Crippen LogP contribution in [0.3, 0.4) is 0 Å². The Balaban J connectivity index is 0.00000288. The molecule has 0 radical (unpaired) electrons. The third kappa shape index (κ3) is 5.04. The first-order valence-electron chi connectivity index (χ1n) is 7.73. The highest BCUT2D eigenvalue weighted by Crippen LogP contribution is 2.17. The van der Waals surface area contributed by atoms with Crippen LogP contribution in [0.2, 0.25) is 0 Å². The van der Waals surface area contributed by atoms with Crippen LogP contribution in [-0.2, 0) is 16.4 Å². The van der Waals surface area contributed by atoms with Crippen LogP contribution in [0.25, 0.3) is 0 Å². The van der Waals surface area contributed by atoms with Gasteiger partial charge in [0.1, 0.15) is 4.90 Å². The summed E-state index contributed by atoms with van der Waals surface area (Å²) in [4.78, 5) is 0.215. The van der Waals surface area contributed by atoms with Gasteiger partial charge >= 0.3 is 0 Å². The molecule has 0 aliphatic rings. The van der Waals surface area contributed by atoms with Crippen molar-refractivity contribution < 1.29 is 8.42 Å². The molecule has 2 aromatic rings. The Labute approximate surface area is 150 Å². The number of rotatable bonds is 8. The SMILES string of the molecule is CC(C)n1cc(S(=O)(=O)N(CCN)CCc2ccccc2)cn1.Cl. The van der Waals surface area contributed by atoms with Gasteiger partial charge in [-0.3, -0.25) is 4.68 Å². The van der Waals surface area contributed by atoms with Gasteiger partial charge in [-0.15, -0.1) is 12.4 Å². The van der Waals surface area contributed by atoms with E-state index >= 15 is 0 Å². The minimum Gasteiger partial charge on any atom is -0.329 e. The lowest BCUT2D eigenvalue weighted by Gasteiger charge is -2.20. The van der Waals surface area contributed by atoms with E-state index in [2.05, 4.69) is 5.10 Å². The third-order valence-corrected chi connectivity index (χ3v) is 5.47. The summed E-state index contributed by atoms with van der Waals surface area (Å²) in [6, 6.07) is 9.94. The molecule has 8 heteroatoms. The third-order valence-electron chi connectivity index (χ3n) is 3.62. The van der Waals surface area contributed by atoms with E-state index in [1.165, 1.54) is 10.5 Å². The summed E-state index contributed by atoms with van der Waals surface area (Å²) in [7, 11) is -3.58. The van der Waals surface area contributed by atoms with Crippen molar-refractivity contribution in [3.05, 3.63) is 48.3 Å². The number of hydrogen-bond donors (Lipinski definition) is 1. The molecule has 0 saturated heterocycles. The van der Waals surface area contributed by atoms with Gasteiger partial charge < -0.3 is 5.73 Å². The van der Waals surface area contributed by atoms with Gasteiger partial charge in [-0.25, -0.2) is 8.42 Å². The normalized spacial score (nSPS) is 11.7. The molecule has 0 unspecified atom stereocenters. The Morgan fingerprint density at radius 2 is 1.88 bits per heavy atom. The van der Waals surface area contributed by atoms with Crippen LogP contribution in [-0.4, -0.2) is 42.1 Å². The molecular formula is C16H25ClN4O2S. The summed E-state index contributed by atoms with van der Waals surface area (Å²) in [5.74, 6) is 0. The number of nitrogens with zero attached hydrogens (tertiary/aromatic N) is 3. The van der Waals surface area contributed by atoms with Gasteiger partial charge in [0, 0.05) is 31.9 Å². The second-order valence-electron chi connectivity index (χ2n) is 5.68. The summed E-state index contributed by atoms with van der Waals surface area (Å²) < 4.78 is 28.7. The second kappa shape index (κ2) is 9.17. The molecule has 134 valence electrons. The predicted molar refractivity (Wildman–Crippen MR) is 97.8 cm³/mol. The van der Waals surface area contributed by atoms with E-state index in [1.54, 1.807) is 10.9 Å². The van der Waals surface area contributed by atoms with E-state index in [-0.39, 0.29) is 29.9 Å². The molecule has 0 atom stereocenters. The molecule has 0 spiro atoms. The second-order valence-corrected chi connectivity index (χ2v) is 7.62. The Morgan fingerprint density at radius 1 is 1.21 bits per heavy atom. The molecule has 0 fully saturated rings. The van der Waals surface area contributed by atoms with Gasteiger partial charge in [-0.2, -0.15) is 9.40 Å². The highest BCUT2D eigenvalue weighted by atomic mass is 35.5.